The number of rotatable bonds is 2. The number of nitrogens with zero attached hydrogens (tertiary/aromatic N) is 3. The van der Waals surface area contributed by atoms with E-state index in [9.17, 15) is 10.5 Å². The van der Waals surface area contributed by atoms with E-state index in [0.29, 0.717) is 6.42 Å². The van der Waals surface area contributed by atoms with Gasteiger partial charge in [-0.05, 0) is 91.7 Å². The SMILES string of the molecule is CC(=CC1=CC(=C(C#N)C#N)CC(C)O1)c1cc2c3c(c1)CCCN3CCC2. The smallest absolute Gasteiger partial charge is 0.133 e. The number of hydrogen-bond acceptors (Lipinski definition) is 4. The molecule has 3 aliphatic rings. The van der Waals surface area contributed by atoms with E-state index >= 15 is 0 Å². The Bertz CT molecular complexity index is 937. The lowest BCUT2D eigenvalue weighted by atomic mass is 9.88. The molecule has 0 amide bonds. The zero-order valence-electron chi connectivity index (χ0n) is 16.6. The summed E-state index contributed by atoms with van der Waals surface area (Å²) in [7, 11) is 0. The first-order valence-electron chi connectivity index (χ1n) is 10.1. The quantitative estimate of drug-likeness (QED) is 0.699. The zero-order valence-corrected chi connectivity index (χ0v) is 16.6. The number of nitriles is 2. The van der Waals surface area contributed by atoms with Crippen LogP contribution in [0.5, 0.6) is 0 Å². The average molecular weight is 371 g/mol. The molecule has 4 nitrogen and oxygen atoms in total. The van der Waals surface area contributed by atoms with Crippen LogP contribution >= 0.6 is 0 Å². The van der Waals surface area contributed by atoms with Gasteiger partial charge in [-0.1, -0.05) is 0 Å². The summed E-state index contributed by atoms with van der Waals surface area (Å²) in [5.41, 5.74) is 7.75. The molecule has 4 heteroatoms. The highest BCUT2D eigenvalue weighted by Gasteiger charge is 2.24. The van der Waals surface area contributed by atoms with Gasteiger partial charge in [0.1, 0.15) is 23.5 Å². The Kier molecular flexibility index (Phi) is 4.97. The van der Waals surface area contributed by atoms with Crippen molar-refractivity contribution in [1.82, 2.24) is 0 Å². The molecule has 0 aliphatic carbocycles. The molecule has 4 rings (SSSR count). The summed E-state index contributed by atoms with van der Waals surface area (Å²) in [5.74, 6) is 0.724. The molecule has 3 aliphatic heterocycles. The van der Waals surface area contributed by atoms with E-state index < -0.39 is 0 Å². The van der Waals surface area contributed by atoms with Gasteiger partial charge in [0.25, 0.3) is 0 Å². The number of aryl methyl sites for hydroxylation is 2. The molecular weight excluding hydrogens is 346 g/mol. The van der Waals surface area contributed by atoms with E-state index in [-0.39, 0.29) is 11.7 Å². The summed E-state index contributed by atoms with van der Waals surface area (Å²) in [6.45, 7) is 6.45. The lowest BCUT2D eigenvalue weighted by Gasteiger charge is -2.37. The summed E-state index contributed by atoms with van der Waals surface area (Å²) >= 11 is 0. The molecular formula is C24H25N3O. The molecule has 1 atom stereocenters. The fraction of sp³-hybridized carbons (Fsp3) is 0.417. The largest absolute Gasteiger partial charge is 0.490 e. The van der Waals surface area contributed by atoms with Crippen LogP contribution in [0.2, 0.25) is 0 Å². The second-order valence-corrected chi connectivity index (χ2v) is 7.97. The monoisotopic (exact) mass is 371 g/mol. The van der Waals surface area contributed by atoms with E-state index in [1.54, 1.807) is 0 Å². The molecule has 0 saturated heterocycles. The molecule has 0 fully saturated rings. The third-order valence-corrected chi connectivity index (χ3v) is 5.85. The van der Waals surface area contributed by atoms with Crippen LogP contribution in [-0.2, 0) is 17.6 Å². The highest BCUT2D eigenvalue weighted by atomic mass is 16.5. The van der Waals surface area contributed by atoms with Crippen LogP contribution in [-0.4, -0.2) is 19.2 Å². The highest BCUT2D eigenvalue weighted by molar-refractivity contribution is 5.73. The number of hydrogen-bond donors (Lipinski definition) is 0. The maximum absolute atomic E-state index is 9.19. The summed E-state index contributed by atoms with van der Waals surface area (Å²) in [6, 6.07) is 8.67. The second-order valence-electron chi connectivity index (χ2n) is 7.97. The van der Waals surface area contributed by atoms with Crippen molar-refractivity contribution in [2.45, 2.75) is 52.1 Å². The van der Waals surface area contributed by atoms with Gasteiger partial charge in [-0.15, -0.1) is 0 Å². The Labute approximate surface area is 167 Å². The topological polar surface area (TPSA) is 60.1 Å². The van der Waals surface area contributed by atoms with Crippen LogP contribution in [0.1, 0.15) is 49.8 Å². The fourth-order valence-corrected chi connectivity index (χ4v) is 4.59. The fourth-order valence-electron chi connectivity index (χ4n) is 4.59. The van der Waals surface area contributed by atoms with Gasteiger partial charge in [-0.3, -0.25) is 0 Å². The lowest BCUT2D eigenvalue weighted by Crippen LogP contribution is -2.34. The zero-order chi connectivity index (χ0) is 19.7. The van der Waals surface area contributed by atoms with Crippen molar-refractivity contribution < 1.29 is 4.74 Å². The number of ether oxygens (including phenoxy) is 1. The minimum Gasteiger partial charge on any atom is -0.490 e. The standard InChI is InChI=1S/C24H25N3O/c1-16(9-23-13-21(10-17(2)28-23)22(14-25)15-26)20-11-18-5-3-7-27-8-4-6-19(12-20)24(18)27/h9,11-13,17H,3-8,10H2,1-2H3. The van der Waals surface area contributed by atoms with Crippen molar-refractivity contribution in [2.24, 2.45) is 0 Å². The third kappa shape index (κ3) is 3.43. The van der Waals surface area contributed by atoms with Crippen molar-refractivity contribution in [2.75, 3.05) is 18.0 Å². The van der Waals surface area contributed by atoms with Gasteiger partial charge >= 0.3 is 0 Å². The van der Waals surface area contributed by atoms with Crippen molar-refractivity contribution in [3.8, 4) is 12.1 Å². The molecule has 0 bridgehead atoms. The van der Waals surface area contributed by atoms with Crippen LogP contribution in [0.3, 0.4) is 0 Å². The minimum absolute atomic E-state index is 0.0472. The van der Waals surface area contributed by atoms with Gasteiger partial charge in [0.15, 0.2) is 0 Å². The van der Waals surface area contributed by atoms with Gasteiger partial charge < -0.3 is 9.64 Å². The summed E-state index contributed by atoms with van der Waals surface area (Å²) in [6.07, 6.45) is 9.18. The lowest BCUT2D eigenvalue weighted by molar-refractivity contribution is 0.133. The van der Waals surface area contributed by atoms with Crippen molar-refractivity contribution in [3.05, 3.63) is 57.9 Å². The average Bonchev–Trinajstić information content (AvgIpc) is 2.69. The van der Waals surface area contributed by atoms with Crippen molar-refractivity contribution in [3.63, 3.8) is 0 Å². The number of allylic oxidation sites excluding steroid dienone is 4. The van der Waals surface area contributed by atoms with Gasteiger partial charge in [-0.25, -0.2) is 0 Å². The first kappa shape index (κ1) is 18.4. The first-order valence-corrected chi connectivity index (χ1v) is 10.1. The molecule has 142 valence electrons. The Morgan fingerprint density at radius 3 is 2.39 bits per heavy atom. The minimum atomic E-state index is -0.0472. The molecule has 1 aromatic rings. The van der Waals surface area contributed by atoms with Gasteiger partial charge in [-0.2, -0.15) is 10.5 Å². The van der Waals surface area contributed by atoms with Crippen LogP contribution in [0, 0.1) is 22.7 Å². The van der Waals surface area contributed by atoms with Gasteiger partial charge in [0, 0.05) is 25.2 Å². The molecule has 0 radical (unpaired) electrons. The van der Waals surface area contributed by atoms with Crippen LogP contribution in [0.15, 0.2) is 41.2 Å². The van der Waals surface area contributed by atoms with Crippen LogP contribution in [0.25, 0.3) is 5.57 Å². The molecule has 28 heavy (non-hydrogen) atoms. The Hall–Kier alpha value is -2.98. The van der Waals surface area contributed by atoms with E-state index in [0.717, 1.165) is 29.7 Å². The predicted molar refractivity (Wildman–Crippen MR) is 110 cm³/mol. The number of anilines is 1. The maximum atomic E-state index is 9.19. The van der Waals surface area contributed by atoms with Gasteiger partial charge in [0.2, 0.25) is 0 Å². The number of benzene rings is 1. The molecule has 1 unspecified atom stereocenters. The maximum Gasteiger partial charge on any atom is 0.133 e. The van der Waals surface area contributed by atoms with Crippen molar-refractivity contribution >= 4 is 11.3 Å². The first-order chi connectivity index (χ1) is 13.6. The van der Waals surface area contributed by atoms with E-state index in [1.165, 1.54) is 48.3 Å². The Morgan fingerprint density at radius 1 is 1.14 bits per heavy atom. The molecule has 1 aromatic carbocycles. The Morgan fingerprint density at radius 2 is 1.79 bits per heavy atom. The Balaban J connectivity index is 1.71. The molecule has 0 aromatic heterocycles. The van der Waals surface area contributed by atoms with E-state index in [2.05, 4.69) is 24.0 Å². The van der Waals surface area contributed by atoms with Gasteiger partial charge in [0.05, 0.1) is 6.10 Å². The van der Waals surface area contributed by atoms with Crippen molar-refractivity contribution in [1.29, 1.82) is 10.5 Å². The molecule has 3 heterocycles. The molecule has 0 spiro atoms. The summed E-state index contributed by atoms with van der Waals surface area (Å²) in [5, 5.41) is 18.4. The van der Waals surface area contributed by atoms with E-state index in [4.69, 9.17) is 4.74 Å². The summed E-state index contributed by atoms with van der Waals surface area (Å²) < 4.78 is 5.97. The summed E-state index contributed by atoms with van der Waals surface area (Å²) in [4.78, 5) is 2.55. The predicted octanol–water partition coefficient (Wildman–Crippen LogP) is 4.83. The normalized spacial score (nSPS) is 21.1. The third-order valence-electron chi connectivity index (χ3n) is 5.85. The van der Waals surface area contributed by atoms with Crippen LogP contribution < -0.4 is 4.90 Å². The second kappa shape index (κ2) is 7.56. The highest BCUT2D eigenvalue weighted by Crippen LogP contribution is 2.37. The molecule has 0 saturated carbocycles. The molecule has 0 N–H and O–H groups in total. The van der Waals surface area contributed by atoms with E-state index in [1.807, 2.05) is 31.2 Å². The van der Waals surface area contributed by atoms with Crippen LogP contribution in [0.4, 0.5) is 5.69 Å².